The Morgan fingerprint density at radius 2 is 1.68 bits per heavy atom. The zero-order valence-electron chi connectivity index (χ0n) is 20.5. The van der Waals surface area contributed by atoms with Crippen molar-refractivity contribution in [2.24, 2.45) is 0 Å². The monoisotopic (exact) mass is 613 g/mol. The van der Waals surface area contributed by atoms with Crippen LogP contribution >= 0.6 is 39.3 Å². The lowest BCUT2D eigenvalue weighted by molar-refractivity contribution is -0.131. The predicted octanol–water partition coefficient (Wildman–Crippen LogP) is 6.38. The highest BCUT2D eigenvalue weighted by atomic mass is 79.9. The van der Waals surface area contributed by atoms with Crippen LogP contribution in [0.3, 0.4) is 0 Å². The molecule has 0 bridgehead atoms. The molecule has 2 saturated heterocycles. The van der Waals surface area contributed by atoms with Gasteiger partial charge in [-0.1, -0.05) is 40.4 Å². The number of carbonyl (C=O) groups is 4. The number of carbonyl (C=O) groups excluding carboxylic acids is 4. The molecule has 10 heteroatoms. The van der Waals surface area contributed by atoms with Crippen molar-refractivity contribution in [1.29, 1.82) is 0 Å². The molecule has 2 aromatic carbocycles. The Hall–Kier alpha value is -2.88. The fourth-order valence-electron chi connectivity index (χ4n) is 4.76. The van der Waals surface area contributed by atoms with E-state index < -0.39 is 11.1 Å². The summed E-state index contributed by atoms with van der Waals surface area (Å²) >= 11 is 10.2. The summed E-state index contributed by atoms with van der Waals surface area (Å²) in [6.07, 6.45) is 7.85. The van der Waals surface area contributed by atoms with Crippen molar-refractivity contribution in [3.8, 4) is 0 Å². The van der Waals surface area contributed by atoms with Crippen LogP contribution in [0.2, 0.25) is 5.02 Å². The molecule has 0 N–H and O–H groups in total. The van der Waals surface area contributed by atoms with Crippen molar-refractivity contribution in [3.05, 3.63) is 74.2 Å². The molecule has 196 valence electrons. The minimum atomic E-state index is -0.515. The van der Waals surface area contributed by atoms with Crippen molar-refractivity contribution >= 4 is 79.1 Å². The summed E-state index contributed by atoms with van der Waals surface area (Å²) in [7, 11) is 0. The summed E-state index contributed by atoms with van der Waals surface area (Å²) in [6, 6.07) is 12.1. The first-order valence-corrected chi connectivity index (χ1v) is 14.4. The van der Waals surface area contributed by atoms with Crippen LogP contribution in [0.4, 0.5) is 4.79 Å². The van der Waals surface area contributed by atoms with Crippen LogP contribution < -0.4 is 0 Å². The maximum Gasteiger partial charge on any atom is 0.293 e. The second kappa shape index (κ2) is 11.5. The molecule has 7 nitrogen and oxygen atoms in total. The van der Waals surface area contributed by atoms with Crippen molar-refractivity contribution < 1.29 is 19.2 Å². The Morgan fingerprint density at radius 3 is 2.39 bits per heavy atom. The Morgan fingerprint density at radius 1 is 0.974 bits per heavy atom. The van der Waals surface area contributed by atoms with Crippen LogP contribution in [0.1, 0.15) is 41.6 Å². The van der Waals surface area contributed by atoms with Gasteiger partial charge in [0.05, 0.1) is 11.4 Å². The number of likely N-dealkylation sites (tertiary alicyclic amines) is 1. The van der Waals surface area contributed by atoms with Crippen LogP contribution in [0.25, 0.3) is 17.0 Å². The normalized spacial score (nSPS) is 17.5. The third-order valence-corrected chi connectivity index (χ3v) is 8.42. The smallest absolute Gasteiger partial charge is 0.293 e. The standard InChI is InChI=1S/C28H25BrClN3O4S/c29-20-7-10-23-22(14-20)19(15-32(23)17-26(35)31-11-3-1-2-4-12-31)13-25-27(36)33(28(37)38-25)16-24(34)18-5-8-21(30)9-6-18/h5-10,13-15H,1-4,11-12,16-17H2/b25-13-. The number of nitrogens with zero attached hydrogens (tertiary/aromatic N) is 3. The van der Waals surface area contributed by atoms with Gasteiger partial charge >= 0.3 is 0 Å². The van der Waals surface area contributed by atoms with Crippen LogP contribution in [0, 0.1) is 0 Å². The van der Waals surface area contributed by atoms with E-state index in [2.05, 4.69) is 15.9 Å². The van der Waals surface area contributed by atoms with E-state index in [1.165, 1.54) is 0 Å². The van der Waals surface area contributed by atoms with E-state index in [4.69, 9.17) is 11.6 Å². The molecule has 3 heterocycles. The van der Waals surface area contributed by atoms with Crippen LogP contribution in [0.15, 0.2) is 58.0 Å². The summed E-state index contributed by atoms with van der Waals surface area (Å²) < 4.78 is 2.76. The highest BCUT2D eigenvalue weighted by molar-refractivity contribution is 9.10. The van der Waals surface area contributed by atoms with Gasteiger partial charge in [-0.2, -0.15) is 0 Å². The molecule has 5 rings (SSSR count). The highest BCUT2D eigenvalue weighted by Crippen LogP contribution is 2.35. The highest BCUT2D eigenvalue weighted by Gasteiger charge is 2.36. The van der Waals surface area contributed by atoms with E-state index in [0.29, 0.717) is 10.6 Å². The SMILES string of the molecule is O=C(CN1C(=O)S/C(=C\c2cn(CC(=O)N3CCCCCC3)c3ccc(Br)cc23)C1=O)c1ccc(Cl)cc1. The lowest BCUT2D eigenvalue weighted by atomic mass is 10.1. The third kappa shape index (κ3) is 5.75. The lowest BCUT2D eigenvalue weighted by Gasteiger charge is -2.20. The zero-order chi connectivity index (χ0) is 26.8. The van der Waals surface area contributed by atoms with Crippen molar-refractivity contribution in [1.82, 2.24) is 14.4 Å². The Kier molecular flexibility index (Phi) is 8.07. The minimum absolute atomic E-state index is 0.0688. The molecule has 0 atom stereocenters. The van der Waals surface area contributed by atoms with E-state index >= 15 is 0 Å². The number of hydrogen-bond donors (Lipinski definition) is 0. The molecule has 3 amide bonds. The fourth-order valence-corrected chi connectivity index (χ4v) is 6.07. The second-order valence-electron chi connectivity index (χ2n) is 9.37. The number of hydrogen-bond acceptors (Lipinski definition) is 5. The predicted molar refractivity (Wildman–Crippen MR) is 153 cm³/mol. The number of Topliss-reactive ketones (excluding diaryl/α,β-unsaturated/α-hetero) is 1. The molecule has 38 heavy (non-hydrogen) atoms. The van der Waals surface area contributed by atoms with Gasteiger partial charge < -0.3 is 9.47 Å². The van der Waals surface area contributed by atoms with Gasteiger partial charge in [0, 0.05) is 50.8 Å². The van der Waals surface area contributed by atoms with Crippen LogP contribution in [0.5, 0.6) is 0 Å². The summed E-state index contributed by atoms with van der Waals surface area (Å²) in [5.74, 6) is -0.795. The van der Waals surface area contributed by atoms with Gasteiger partial charge in [-0.3, -0.25) is 24.1 Å². The quantitative estimate of drug-likeness (QED) is 0.238. The van der Waals surface area contributed by atoms with Gasteiger partial charge in [0.25, 0.3) is 11.1 Å². The number of imide groups is 1. The van der Waals surface area contributed by atoms with E-state index in [1.807, 2.05) is 33.9 Å². The molecule has 0 spiro atoms. The lowest BCUT2D eigenvalue weighted by Crippen LogP contribution is -2.34. The number of halogens is 2. The number of aromatic nitrogens is 1. The molecule has 2 aliphatic rings. The number of amides is 3. The Bertz CT molecular complexity index is 1460. The van der Waals surface area contributed by atoms with Crippen molar-refractivity contribution in [3.63, 3.8) is 0 Å². The summed E-state index contributed by atoms with van der Waals surface area (Å²) in [5, 5.41) is 0.853. The van der Waals surface area contributed by atoms with Gasteiger partial charge in [-0.15, -0.1) is 0 Å². The topological polar surface area (TPSA) is 79.7 Å². The summed E-state index contributed by atoms with van der Waals surface area (Å²) in [4.78, 5) is 54.7. The molecule has 0 saturated carbocycles. The molecule has 2 fully saturated rings. The van der Waals surface area contributed by atoms with Crippen molar-refractivity contribution in [2.75, 3.05) is 19.6 Å². The number of thioether (sulfide) groups is 1. The van der Waals surface area contributed by atoms with Crippen molar-refractivity contribution in [2.45, 2.75) is 32.2 Å². The molecule has 1 aromatic heterocycles. The van der Waals surface area contributed by atoms with E-state index in [9.17, 15) is 19.2 Å². The minimum Gasteiger partial charge on any atom is -0.341 e. The number of fused-ring (bicyclic) bond motifs is 1. The van der Waals surface area contributed by atoms with E-state index in [-0.39, 0.29) is 29.7 Å². The van der Waals surface area contributed by atoms with Gasteiger partial charge in [-0.05, 0) is 73.1 Å². The second-order valence-corrected chi connectivity index (χ2v) is 11.7. The molecular weight excluding hydrogens is 590 g/mol. The molecule has 0 unspecified atom stereocenters. The molecule has 0 aliphatic carbocycles. The van der Waals surface area contributed by atoms with Gasteiger partial charge in [0.15, 0.2) is 5.78 Å². The average Bonchev–Trinajstić information content (AvgIpc) is 3.19. The Balaban J connectivity index is 1.39. The largest absolute Gasteiger partial charge is 0.341 e. The third-order valence-electron chi connectivity index (χ3n) is 6.77. The van der Waals surface area contributed by atoms with Crippen LogP contribution in [-0.2, 0) is 16.1 Å². The fraction of sp³-hybridized carbons (Fsp3) is 0.286. The molecule has 3 aromatic rings. The summed E-state index contributed by atoms with van der Waals surface area (Å²) in [5.41, 5.74) is 1.96. The zero-order valence-corrected chi connectivity index (χ0v) is 23.7. The first kappa shape index (κ1) is 26.7. The first-order chi connectivity index (χ1) is 18.3. The number of benzene rings is 2. The molecular formula is C28H25BrClN3O4S. The number of ketones is 1. The first-order valence-electron chi connectivity index (χ1n) is 12.4. The average molecular weight is 615 g/mol. The summed E-state index contributed by atoms with van der Waals surface area (Å²) in [6.45, 7) is 1.40. The number of rotatable bonds is 6. The van der Waals surface area contributed by atoms with Crippen LogP contribution in [-0.4, -0.2) is 56.8 Å². The van der Waals surface area contributed by atoms with E-state index in [0.717, 1.165) is 76.4 Å². The molecule has 0 radical (unpaired) electrons. The van der Waals surface area contributed by atoms with Gasteiger partial charge in [0.1, 0.15) is 6.54 Å². The van der Waals surface area contributed by atoms with Gasteiger partial charge in [-0.25, -0.2) is 0 Å². The van der Waals surface area contributed by atoms with Gasteiger partial charge in [0.2, 0.25) is 5.91 Å². The maximum atomic E-state index is 13.1. The van der Waals surface area contributed by atoms with E-state index in [1.54, 1.807) is 30.3 Å². The molecule has 2 aliphatic heterocycles. The maximum absolute atomic E-state index is 13.1. The Labute approximate surface area is 237 Å².